The summed E-state index contributed by atoms with van der Waals surface area (Å²) in [6.07, 6.45) is 0. The molecule has 0 aliphatic carbocycles. The quantitative estimate of drug-likeness (QED) is 0.510. The monoisotopic (exact) mass is 278 g/mol. The highest BCUT2D eigenvalue weighted by atomic mass is 31.1. The molecule has 0 radical (unpaired) electrons. The van der Waals surface area contributed by atoms with Gasteiger partial charge in [-0.15, -0.1) is 0 Å². The van der Waals surface area contributed by atoms with Gasteiger partial charge in [-0.1, -0.05) is 0 Å². The molecule has 0 aliphatic rings. The SMILES string of the molecule is CCOC(=O)[C@@H](C)NP(C)N[C@H](C)C(=O)OCC. The second kappa shape index (κ2) is 9.25. The van der Waals surface area contributed by atoms with E-state index in [4.69, 9.17) is 9.47 Å². The number of hydrogen-bond acceptors (Lipinski definition) is 6. The molecule has 0 bridgehead atoms. The minimum Gasteiger partial charge on any atom is -0.465 e. The van der Waals surface area contributed by atoms with Gasteiger partial charge in [-0.3, -0.25) is 19.8 Å². The van der Waals surface area contributed by atoms with Gasteiger partial charge in [-0.2, -0.15) is 0 Å². The van der Waals surface area contributed by atoms with E-state index >= 15 is 0 Å². The molecule has 0 unspecified atom stereocenters. The Kier molecular flexibility index (Phi) is 8.89. The molecule has 0 aromatic rings. The van der Waals surface area contributed by atoms with Crippen LogP contribution in [0, 0.1) is 0 Å². The zero-order valence-corrected chi connectivity index (χ0v) is 12.5. The number of carbonyl (C=O) groups is 2. The summed E-state index contributed by atoms with van der Waals surface area (Å²) >= 11 is 0. The largest absolute Gasteiger partial charge is 0.465 e. The summed E-state index contributed by atoms with van der Waals surface area (Å²) in [6.45, 7) is 9.60. The normalized spacial score (nSPS) is 14.1. The first-order chi connectivity index (χ1) is 8.42. The molecule has 0 aliphatic heterocycles. The van der Waals surface area contributed by atoms with Gasteiger partial charge in [-0.05, 0) is 34.4 Å². The highest BCUT2D eigenvalue weighted by Gasteiger charge is 2.20. The minimum absolute atomic E-state index is 0.294. The van der Waals surface area contributed by atoms with Crippen molar-refractivity contribution in [3.63, 3.8) is 0 Å². The topological polar surface area (TPSA) is 76.7 Å². The van der Waals surface area contributed by atoms with Crippen LogP contribution in [0.3, 0.4) is 0 Å². The predicted octanol–water partition coefficient (Wildman–Crippen LogP) is 1.01. The summed E-state index contributed by atoms with van der Waals surface area (Å²) in [5, 5.41) is 6.13. The average molecular weight is 278 g/mol. The Morgan fingerprint density at radius 2 is 1.33 bits per heavy atom. The van der Waals surface area contributed by atoms with Gasteiger partial charge in [0.05, 0.1) is 13.2 Å². The summed E-state index contributed by atoms with van der Waals surface area (Å²) in [4.78, 5) is 22.8. The molecule has 18 heavy (non-hydrogen) atoms. The van der Waals surface area contributed by atoms with E-state index in [9.17, 15) is 9.59 Å². The number of nitrogens with one attached hydrogen (secondary N) is 2. The predicted molar refractivity (Wildman–Crippen MR) is 71.3 cm³/mol. The third kappa shape index (κ3) is 6.89. The van der Waals surface area contributed by atoms with Crippen LogP contribution >= 0.6 is 8.22 Å². The Morgan fingerprint density at radius 3 is 1.61 bits per heavy atom. The Labute approximate surface area is 110 Å². The Balaban J connectivity index is 4.06. The van der Waals surface area contributed by atoms with Crippen molar-refractivity contribution < 1.29 is 19.1 Å². The average Bonchev–Trinajstić information content (AvgIpc) is 2.29. The van der Waals surface area contributed by atoms with E-state index in [0.717, 1.165) is 0 Å². The fourth-order valence-electron chi connectivity index (χ4n) is 1.26. The highest BCUT2D eigenvalue weighted by Crippen LogP contribution is 2.21. The lowest BCUT2D eigenvalue weighted by atomic mass is 10.4. The van der Waals surface area contributed by atoms with Crippen LogP contribution in [0.1, 0.15) is 27.7 Å². The molecule has 0 aromatic heterocycles. The molecule has 2 N–H and O–H groups in total. The summed E-state index contributed by atoms with van der Waals surface area (Å²) in [5.74, 6) is -0.588. The molecule has 6 nitrogen and oxygen atoms in total. The van der Waals surface area contributed by atoms with E-state index < -0.39 is 20.3 Å². The summed E-state index contributed by atoms with van der Waals surface area (Å²) in [5.41, 5.74) is 0. The van der Waals surface area contributed by atoms with E-state index in [2.05, 4.69) is 10.2 Å². The van der Waals surface area contributed by atoms with Crippen LogP contribution in [0.25, 0.3) is 0 Å². The molecular weight excluding hydrogens is 255 g/mol. The molecule has 0 saturated carbocycles. The number of carbonyl (C=O) groups excluding carboxylic acids is 2. The van der Waals surface area contributed by atoms with Crippen LogP contribution in [0.5, 0.6) is 0 Å². The second-order valence-electron chi connectivity index (χ2n) is 3.76. The first kappa shape index (κ1) is 17.3. The van der Waals surface area contributed by atoms with Gasteiger partial charge in [0.15, 0.2) is 0 Å². The zero-order chi connectivity index (χ0) is 14.1. The highest BCUT2D eigenvalue weighted by molar-refractivity contribution is 7.52. The smallest absolute Gasteiger partial charge is 0.323 e. The van der Waals surface area contributed by atoms with Gasteiger partial charge in [0, 0.05) is 8.22 Å². The van der Waals surface area contributed by atoms with Gasteiger partial charge in [0.1, 0.15) is 12.1 Å². The van der Waals surface area contributed by atoms with Crippen LogP contribution in [0.2, 0.25) is 0 Å². The van der Waals surface area contributed by atoms with Gasteiger partial charge in [0.2, 0.25) is 0 Å². The molecule has 0 heterocycles. The molecule has 0 amide bonds. The van der Waals surface area contributed by atoms with Gasteiger partial charge in [0.25, 0.3) is 0 Å². The standard InChI is InChI=1S/C11H23N2O4P/c1-6-16-10(14)8(3)12-18(5)13-9(4)11(15)17-7-2/h8-9,12-13H,6-7H2,1-5H3/t8-,9-/m1/s1. The Morgan fingerprint density at radius 1 is 1.00 bits per heavy atom. The van der Waals surface area contributed by atoms with Crippen molar-refractivity contribution in [3.8, 4) is 0 Å². The summed E-state index contributed by atoms with van der Waals surface area (Å²) < 4.78 is 9.77. The molecule has 7 heteroatoms. The zero-order valence-electron chi connectivity index (χ0n) is 11.6. The van der Waals surface area contributed by atoms with Crippen molar-refractivity contribution in [2.24, 2.45) is 0 Å². The lowest BCUT2D eigenvalue weighted by Crippen LogP contribution is -2.39. The van der Waals surface area contributed by atoms with Crippen LogP contribution in [-0.2, 0) is 19.1 Å². The Hall–Kier alpha value is -0.710. The number of hydrogen-bond donors (Lipinski definition) is 2. The molecule has 0 spiro atoms. The maximum Gasteiger partial charge on any atom is 0.323 e. The van der Waals surface area contributed by atoms with E-state index in [1.54, 1.807) is 27.7 Å². The van der Waals surface area contributed by atoms with Crippen LogP contribution < -0.4 is 10.2 Å². The van der Waals surface area contributed by atoms with E-state index in [0.29, 0.717) is 13.2 Å². The van der Waals surface area contributed by atoms with Crippen molar-refractivity contribution in [1.82, 2.24) is 10.2 Å². The number of rotatable bonds is 8. The molecule has 0 rings (SSSR count). The maximum atomic E-state index is 11.4. The molecule has 2 atom stereocenters. The van der Waals surface area contributed by atoms with Crippen molar-refractivity contribution in [2.75, 3.05) is 19.9 Å². The van der Waals surface area contributed by atoms with Gasteiger partial charge >= 0.3 is 11.9 Å². The number of ether oxygens (including phenoxy) is 2. The Bertz CT molecular complexity index is 250. The molecular formula is C11H23N2O4P. The lowest BCUT2D eigenvalue weighted by molar-refractivity contribution is -0.145. The number of esters is 2. The third-order valence-electron chi connectivity index (χ3n) is 2.05. The summed E-state index contributed by atoms with van der Waals surface area (Å²) in [6, 6.07) is -0.800. The van der Waals surface area contributed by atoms with Crippen LogP contribution in [0.15, 0.2) is 0 Å². The van der Waals surface area contributed by atoms with Crippen molar-refractivity contribution in [1.29, 1.82) is 0 Å². The molecule has 106 valence electrons. The van der Waals surface area contributed by atoms with Crippen molar-refractivity contribution in [2.45, 2.75) is 39.8 Å². The molecule has 0 aromatic carbocycles. The fourth-order valence-corrected chi connectivity index (χ4v) is 2.71. The van der Waals surface area contributed by atoms with E-state index in [1.807, 2.05) is 6.66 Å². The first-order valence-corrected chi connectivity index (χ1v) is 7.80. The van der Waals surface area contributed by atoms with E-state index in [1.165, 1.54) is 0 Å². The fraction of sp³-hybridized carbons (Fsp3) is 0.818. The second-order valence-corrected chi connectivity index (χ2v) is 5.40. The molecule has 0 fully saturated rings. The van der Waals surface area contributed by atoms with E-state index in [-0.39, 0.29) is 11.9 Å². The van der Waals surface area contributed by atoms with Gasteiger partial charge in [-0.25, -0.2) is 0 Å². The van der Waals surface area contributed by atoms with Crippen molar-refractivity contribution in [3.05, 3.63) is 0 Å². The lowest BCUT2D eigenvalue weighted by Gasteiger charge is -2.22. The minimum atomic E-state index is -0.847. The van der Waals surface area contributed by atoms with Crippen molar-refractivity contribution >= 4 is 20.2 Å². The first-order valence-electron chi connectivity index (χ1n) is 6.01. The van der Waals surface area contributed by atoms with Crippen LogP contribution in [0.4, 0.5) is 0 Å². The summed E-state index contributed by atoms with van der Waals surface area (Å²) in [7, 11) is -0.847. The molecule has 0 saturated heterocycles. The maximum absolute atomic E-state index is 11.4. The van der Waals surface area contributed by atoms with Gasteiger partial charge < -0.3 is 9.47 Å². The third-order valence-corrected chi connectivity index (χ3v) is 3.60. The van der Waals surface area contributed by atoms with Crippen LogP contribution in [-0.4, -0.2) is 43.9 Å².